The van der Waals surface area contributed by atoms with Gasteiger partial charge in [0.1, 0.15) is 0 Å². The van der Waals surface area contributed by atoms with Crippen LogP contribution in [0, 0.1) is 0 Å². The van der Waals surface area contributed by atoms with E-state index in [9.17, 15) is 0 Å². The summed E-state index contributed by atoms with van der Waals surface area (Å²) < 4.78 is 12.7. The molecule has 0 aliphatic heterocycles. The quantitative estimate of drug-likeness (QED) is 0.117. The normalized spacial score (nSPS) is 12.5. The zero-order valence-electron chi connectivity index (χ0n) is 28.8. The first-order chi connectivity index (χ1) is 20.3. The fraction of sp³-hybridized carbons (Fsp3) is 0.400. The van der Waals surface area contributed by atoms with E-state index in [-0.39, 0.29) is 32.6 Å². The minimum absolute atomic E-state index is 0. The second kappa shape index (κ2) is 17.0. The van der Waals surface area contributed by atoms with Crippen LogP contribution in [0.5, 0.6) is 0 Å². The van der Waals surface area contributed by atoms with Gasteiger partial charge in [0, 0.05) is 0 Å². The molecule has 4 N–H and O–H groups in total. The van der Waals surface area contributed by atoms with Crippen molar-refractivity contribution in [2.45, 2.75) is 94.8 Å². The Morgan fingerprint density at radius 2 is 0.533 bits per heavy atom. The van der Waals surface area contributed by atoms with E-state index in [1.54, 1.807) is 0 Å². The predicted octanol–water partition coefficient (Wildman–Crippen LogP) is 9.25. The van der Waals surface area contributed by atoms with Crippen LogP contribution < -0.4 is 0 Å². The average Bonchev–Trinajstić information content (AvgIpc) is 2.98. The van der Waals surface area contributed by atoms with Crippen LogP contribution in [0.4, 0.5) is 0 Å². The minimum Gasteiger partial charge on any atom is -0.412 e. The molecule has 242 valence electrons. The van der Waals surface area contributed by atoms with Crippen molar-refractivity contribution in [2.75, 3.05) is 0 Å². The van der Waals surface area contributed by atoms with Crippen LogP contribution >= 0.6 is 0 Å². The zero-order valence-corrected chi connectivity index (χ0v) is 34.5. The van der Waals surface area contributed by atoms with Gasteiger partial charge in [0.2, 0.25) is 0 Å². The van der Waals surface area contributed by atoms with Gasteiger partial charge in [-0.25, -0.2) is 0 Å². The van der Waals surface area contributed by atoms with Crippen molar-refractivity contribution in [3.63, 3.8) is 0 Å². The van der Waals surface area contributed by atoms with Crippen LogP contribution in [0.15, 0.2) is 121 Å². The van der Waals surface area contributed by atoms with E-state index in [1.165, 1.54) is 40.0 Å². The monoisotopic (exact) mass is 824 g/mol. The summed E-state index contributed by atoms with van der Waals surface area (Å²) in [7, 11) is 0. The second-order valence-electron chi connectivity index (χ2n) is 14.9. The molecular formula is C40H56O3Sn2. The summed E-state index contributed by atoms with van der Waals surface area (Å²) >= 11 is -4.85. The Hall–Kier alpha value is -1.64. The molecule has 0 aliphatic rings. The summed E-state index contributed by atoms with van der Waals surface area (Å²) in [6, 6.07) is 44.7. The Bertz CT molecular complexity index is 1170. The third-order valence-electron chi connectivity index (χ3n) is 9.07. The summed E-state index contributed by atoms with van der Waals surface area (Å²) in [5.41, 5.74) is 6.15. The van der Waals surface area contributed by atoms with Crippen molar-refractivity contribution in [1.29, 1.82) is 0 Å². The van der Waals surface area contributed by atoms with E-state index in [4.69, 9.17) is 1.41 Å². The maximum atomic E-state index is 7.87. The average molecular weight is 822 g/mol. The van der Waals surface area contributed by atoms with Gasteiger partial charge < -0.3 is 11.0 Å². The van der Waals surface area contributed by atoms with E-state index < -0.39 is 40.3 Å². The number of hydrogen-bond donors (Lipinski definition) is 0. The van der Waals surface area contributed by atoms with Gasteiger partial charge in [-0.2, -0.15) is 0 Å². The van der Waals surface area contributed by atoms with Crippen molar-refractivity contribution in [2.24, 2.45) is 0 Å². The molecule has 0 amide bonds. The van der Waals surface area contributed by atoms with E-state index in [2.05, 4.69) is 177 Å². The molecule has 0 heterocycles. The van der Waals surface area contributed by atoms with Gasteiger partial charge in [0.25, 0.3) is 0 Å². The number of hydrogen-bond acceptors (Lipinski definition) is 1. The first-order valence-corrected chi connectivity index (χ1v) is 26.3. The molecule has 4 aromatic rings. The van der Waals surface area contributed by atoms with Gasteiger partial charge in [-0.05, 0) is 0 Å². The largest absolute Gasteiger partial charge is 0.412 e. The summed E-state index contributed by atoms with van der Waals surface area (Å²) in [6.07, 6.45) is 0. The Labute approximate surface area is 289 Å². The smallest absolute Gasteiger partial charge is 0.412 e. The first-order valence-electron chi connectivity index (χ1n) is 15.9. The summed E-state index contributed by atoms with van der Waals surface area (Å²) in [5.74, 6) is 0. The van der Waals surface area contributed by atoms with Gasteiger partial charge in [-0.15, -0.1) is 0 Å². The van der Waals surface area contributed by atoms with E-state index >= 15 is 0 Å². The maximum absolute atomic E-state index is 7.87. The molecule has 45 heavy (non-hydrogen) atoms. The minimum atomic E-state index is -2.43. The fourth-order valence-corrected chi connectivity index (χ4v) is 36.0. The van der Waals surface area contributed by atoms with Crippen LogP contribution in [0.25, 0.3) is 0 Å². The molecule has 0 fully saturated rings. The molecule has 0 saturated heterocycles. The van der Waals surface area contributed by atoms with Gasteiger partial charge in [0.05, 0.1) is 0 Å². The molecule has 0 spiro atoms. The van der Waals surface area contributed by atoms with Gasteiger partial charge in [-0.1, -0.05) is 0 Å². The van der Waals surface area contributed by atoms with Crippen LogP contribution in [-0.4, -0.2) is 51.3 Å². The summed E-state index contributed by atoms with van der Waals surface area (Å²) in [6.45, 7) is 19.6. The molecule has 2 radical (unpaired) electrons. The van der Waals surface area contributed by atoms with Crippen molar-refractivity contribution < 1.29 is 12.4 Å². The number of benzene rings is 4. The van der Waals surface area contributed by atoms with Crippen LogP contribution in [-0.2, 0) is 23.1 Å². The predicted molar refractivity (Wildman–Crippen MR) is 197 cm³/mol. The number of rotatable bonds is 14. The van der Waals surface area contributed by atoms with E-state index in [0.29, 0.717) is 0 Å². The van der Waals surface area contributed by atoms with Gasteiger partial charge in [-0.3, -0.25) is 0 Å². The van der Waals surface area contributed by atoms with Crippen molar-refractivity contribution in [3.05, 3.63) is 144 Å². The molecule has 0 unspecified atom stereocenters. The molecule has 0 saturated carbocycles. The molecule has 0 bridgehead atoms. The van der Waals surface area contributed by atoms with Crippen LogP contribution in [0.2, 0.25) is 17.7 Å². The van der Waals surface area contributed by atoms with Gasteiger partial charge >= 0.3 is 280 Å². The molecule has 0 aromatic heterocycles. The van der Waals surface area contributed by atoms with E-state index in [0.717, 1.165) is 0 Å². The van der Waals surface area contributed by atoms with Crippen molar-refractivity contribution in [1.82, 2.24) is 0 Å². The maximum Gasteiger partial charge on any atom is -0.412 e. The van der Waals surface area contributed by atoms with Crippen molar-refractivity contribution >= 4 is 40.3 Å². The standard InChI is InChI=1S/4C10H13.2H2O.O.2Sn/c4*1-10(2,3)9-7-5-4-6-8-9;;;;;/h4*4-8H,1H2,2-3H3;2*1H2;;;. The fourth-order valence-electron chi connectivity index (χ4n) is 6.41. The second-order valence-corrected chi connectivity index (χ2v) is 29.6. The van der Waals surface area contributed by atoms with Crippen LogP contribution in [0.3, 0.4) is 0 Å². The molecule has 4 rings (SSSR count). The summed E-state index contributed by atoms with van der Waals surface area (Å²) in [4.78, 5) is 0. The van der Waals surface area contributed by atoms with Gasteiger partial charge in [0.15, 0.2) is 0 Å². The third kappa shape index (κ3) is 11.2. The first kappa shape index (κ1) is 39.5. The van der Waals surface area contributed by atoms with Crippen LogP contribution in [0.1, 0.15) is 77.6 Å². The molecule has 4 aromatic carbocycles. The van der Waals surface area contributed by atoms with Crippen molar-refractivity contribution in [3.8, 4) is 0 Å². The molecule has 3 nitrogen and oxygen atoms in total. The topological polar surface area (TPSA) is 72.2 Å². The Morgan fingerprint density at radius 1 is 0.356 bits per heavy atom. The molecule has 0 atom stereocenters. The molecule has 0 aliphatic carbocycles. The molecule has 5 heteroatoms. The Morgan fingerprint density at radius 3 is 0.711 bits per heavy atom. The SMILES string of the molecule is CC(C)([CH2][Sn]([CH2]C(C)(C)c1ccccc1)[O][Sn]([CH2]C(C)(C)c1ccccc1)[CH2]C(C)(C)c1ccccc1)c1ccccc1.O.O. The summed E-state index contributed by atoms with van der Waals surface area (Å²) in [5, 5.41) is 0. The van der Waals surface area contributed by atoms with E-state index in [1.807, 2.05) is 0 Å². The zero-order chi connectivity index (χ0) is 31.1. The Balaban J connectivity index is 0.00000353. The Kier molecular flexibility index (Phi) is 14.9. The third-order valence-corrected chi connectivity index (χ3v) is 36.4. The molecular weight excluding hydrogens is 766 g/mol.